The van der Waals surface area contributed by atoms with Crippen LogP contribution in [-0.4, -0.2) is 30.1 Å². The molecule has 0 saturated heterocycles. The molecule has 20 heavy (non-hydrogen) atoms. The lowest BCUT2D eigenvalue weighted by Gasteiger charge is -2.26. The zero-order valence-corrected chi connectivity index (χ0v) is 13.2. The van der Waals surface area contributed by atoms with Gasteiger partial charge in [0, 0.05) is 24.4 Å². The van der Waals surface area contributed by atoms with Crippen molar-refractivity contribution in [2.75, 3.05) is 18.1 Å². The summed E-state index contributed by atoms with van der Waals surface area (Å²) in [5, 5.41) is 3.19. The van der Waals surface area contributed by atoms with Gasteiger partial charge in [0.25, 0.3) is 0 Å². The lowest BCUT2D eigenvalue weighted by Crippen LogP contribution is -2.32. The SMILES string of the molecule is CCOC(=O)CCc1csc(N(CC)C2CCCC2)n1. The minimum absolute atomic E-state index is 0.134. The summed E-state index contributed by atoms with van der Waals surface area (Å²) in [7, 11) is 0. The Morgan fingerprint density at radius 2 is 2.20 bits per heavy atom. The van der Waals surface area contributed by atoms with Gasteiger partial charge in [-0.2, -0.15) is 0 Å². The number of ether oxygens (including phenoxy) is 1. The maximum absolute atomic E-state index is 11.4. The minimum Gasteiger partial charge on any atom is -0.466 e. The van der Waals surface area contributed by atoms with E-state index in [2.05, 4.69) is 17.2 Å². The van der Waals surface area contributed by atoms with Gasteiger partial charge in [0.2, 0.25) is 0 Å². The van der Waals surface area contributed by atoms with Crippen LogP contribution in [0.5, 0.6) is 0 Å². The summed E-state index contributed by atoms with van der Waals surface area (Å²) < 4.78 is 4.95. The zero-order chi connectivity index (χ0) is 14.4. The molecule has 1 saturated carbocycles. The number of thiazole rings is 1. The molecule has 5 heteroatoms. The van der Waals surface area contributed by atoms with Crippen LogP contribution in [0.2, 0.25) is 0 Å². The Hall–Kier alpha value is -1.10. The van der Waals surface area contributed by atoms with Crippen molar-refractivity contribution in [3.8, 4) is 0 Å². The molecule has 0 unspecified atom stereocenters. The van der Waals surface area contributed by atoms with Crippen LogP contribution in [0.4, 0.5) is 5.13 Å². The normalized spacial score (nSPS) is 15.5. The van der Waals surface area contributed by atoms with Crippen LogP contribution in [0, 0.1) is 0 Å². The van der Waals surface area contributed by atoms with Crippen molar-refractivity contribution < 1.29 is 9.53 Å². The van der Waals surface area contributed by atoms with Crippen LogP contribution in [0.3, 0.4) is 0 Å². The van der Waals surface area contributed by atoms with Crippen molar-refractivity contribution in [3.63, 3.8) is 0 Å². The van der Waals surface area contributed by atoms with Gasteiger partial charge in [-0.3, -0.25) is 4.79 Å². The first-order chi connectivity index (χ1) is 9.74. The zero-order valence-electron chi connectivity index (χ0n) is 12.4. The van der Waals surface area contributed by atoms with Gasteiger partial charge in [-0.15, -0.1) is 11.3 Å². The molecule has 0 spiro atoms. The number of carbonyl (C=O) groups is 1. The molecule has 4 nitrogen and oxygen atoms in total. The molecule has 0 N–H and O–H groups in total. The van der Waals surface area contributed by atoms with E-state index in [0.29, 0.717) is 25.5 Å². The van der Waals surface area contributed by atoms with Crippen LogP contribution in [0.15, 0.2) is 5.38 Å². The number of carbonyl (C=O) groups excluding carboxylic acids is 1. The van der Waals surface area contributed by atoms with E-state index in [-0.39, 0.29) is 5.97 Å². The van der Waals surface area contributed by atoms with Crippen LogP contribution in [0.25, 0.3) is 0 Å². The molecule has 0 aromatic carbocycles. The second kappa shape index (κ2) is 7.62. The van der Waals surface area contributed by atoms with Gasteiger partial charge in [-0.05, 0) is 26.7 Å². The number of rotatable bonds is 7. The van der Waals surface area contributed by atoms with Gasteiger partial charge in [0.1, 0.15) is 0 Å². The van der Waals surface area contributed by atoms with Gasteiger partial charge in [-0.25, -0.2) is 4.98 Å². The Balaban J connectivity index is 1.91. The summed E-state index contributed by atoms with van der Waals surface area (Å²) in [6, 6.07) is 0.657. The topological polar surface area (TPSA) is 42.4 Å². The van der Waals surface area contributed by atoms with E-state index in [0.717, 1.165) is 17.4 Å². The van der Waals surface area contributed by atoms with Gasteiger partial charge >= 0.3 is 5.97 Å². The second-order valence-corrected chi connectivity index (χ2v) is 5.99. The summed E-state index contributed by atoms with van der Waals surface area (Å²) >= 11 is 1.70. The summed E-state index contributed by atoms with van der Waals surface area (Å²) in [4.78, 5) is 18.5. The van der Waals surface area contributed by atoms with Gasteiger partial charge in [0.05, 0.1) is 18.7 Å². The third-order valence-electron chi connectivity index (χ3n) is 3.78. The molecule has 1 aromatic rings. The molecule has 2 rings (SSSR count). The maximum Gasteiger partial charge on any atom is 0.306 e. The molecule has 1 fully saturated rings. The molecule has 0 bridgehead atoms. The molecule has 1 heterocycles. The van der Waals surface area contributed by atoms with Crippen LogP contribution >= 0.6 is 11.3 Å². The first-order valence-electron chi connectivity index (χ1n) is 7.61. The Bertz CT molecular complexity index is 427. The average Bonchev–Trinajstić information content (AvgIpc) is 3.10. The Morgan fingerprint density at radius 1 is 1.45 bits per heavy atom. The highest BCUT2D eigenvalue weighted by molar-refractivity contribution is 7.13. The lowest BCUT2D eigenvalue weighted by atomic mass is 10.2. The quantitative estimate of drug-likeness (QED) is 0.723. The molecule has 0 atom stereocenters. The summed E-state index contributed by atoms with van der Waals surface area (Å²) in [5.74, 6) is -0.134. The Labute approximate surface area is 125 Å². The molecule has 112 valence electrons. The summed E-state index contributed by atoms with van der Waals surface area (Å²) in [6.45, 7) is 5.49. The predicted octanol–water partition coefficient (Wildman–Crippen LogP) is 3.41. The predicted molar refractivity (Wildman–Crippen MR) is 82.3 cm³/mol. The van der Waals surface area contributed by atoms with E-state index in [4.69, 9.17) is 9.72 Å². The third-order valence-corrected chi connectivity index (χ3v) is 4.71. The number of aryl methyl sites for hydroxylation is 1. The highest BCUT2D eigenvalue weighted by atomic mass is 32.1. The van der Waals surface area contributed by atoms with E-state index >= 15 is 0 Å². The number of esters is 1. The third kappa shape index (κ3) is 3.95. The molecular weight excluding hydrogens is 272 g/mol. The molecule has 0 amide bonds. The molecule has 1 aliphatic carbocycles. The number of hydrogen-bond acceptors (Lipinski definition) is 5. The Kier molecular flexibility index (Phi) is 5.83. The second-order valence-electron chi connectivity index (χ2n) is 5.15. The van der Waals surface area contributed by atoms with Crippen LogP contribution in [-0.2, 0) is 16.0 Å². The van der Waals surface area contributed by atoms with Crippen molar-refractivity contribution in [1.29, 1.82) is 0 Å². The standard InChI is InChI=1S/C15H24N2O2S/c1-3-17(13-7-5-6-8-13)15-16-12(11-20-15)9-10-14(18)19-4-2/h11,13H,3-10H2,1-2H3. The van der Waals surface area contributed by atoms with Crippen molar-refractivity contribution in [1.82, 2.24) is 4.98 Å². The maximum atomic E-state index is 11.4. The smallest absolute Gasteiger partial charge is 0.306 e. The molecular formula is C15H24N2O2S. The average molecular weight is 296 g/mol. The van der Waals surface area contributed by atoms with E-state index in [1.54, 1.807) is 11.3 Å². The van der Waals surface area contributed by atoms with Crippen LogP contribution < -0.4 is 4.90 Å². The fraction of sp³-hybridized carbons (Fsp3) is 0.733. The van der Waals surface area contributed by atoms with Crippen LogP contribution in [0.1, 0.15) is 51.6 Å². The van der Waals surface area contributed by atoms with Gasteiger partial charge in [-0.1, -0.05) is 12.8 Å². The highest BCUT2D eigenvalue weighted by Crippen LogP contribution is 2.30. The monoisotopic (exact) mass is 296 g/mol. The highest BCUT2D eigenvalue weighted by Gasteiger charge is 2.23. The first-order valence-corrected chi connectivity index (χ1v) is 8.49. The van der Waals surface area contributed by atoms with Crippen molar-refractivity contribution in [3.05, 3.63) is 11.1 Å². The largest absolute Gasteiger partial charge is 0.466 e. The minimum atomic E-state index is -0.134. The number of anilines is 1. The molecule has 0 radical (unpaired) electrons. The van der Waals surface area contributed by atoms with E-state index in [9.17, 15) is 4.79 Å². The lowest BCUT2D eigenvalue weighted by molar-refractivity contribution is -0.143. The van der Waals surface area contributed by atoms with Gasteiger partial charge in [0.15, 0.2) is 5.13 Å². The van der Waals surface area contributed by atoms with Gasteiger partial charge < -0.3 is 9.64 Å². The van der Waals surface area contributed by atoms with Crippen molar-refractivity contribution in [2.45, 2.75) is 58.4 Å². The molecule has 1 aliphatic rings. The Morgan fingerprint density at radius 3 is 2.85 bits per heavy atom. The number of aromatic nitrogens is 1. The van der Waals surface area contributed by atoms with Crippen molar-refractivity contribution in [2.24, 2.45) is 0 Å². The van der Waals surface area contributed by atoms with E-state index in [1.807, 2.05) is 6.92 Å². The van der Waals surface area contributed by atoms with E-state index in [1.165, 1.54) is 25.7 Å². The number of hydrogen-bond donors (Lipinski definition) is 0. The first kappa shape index (κ1) is 15.3. The summed E-state index contributed by atoms with van der Waals surface area (Å²) in [5.41, 5.74) is 1.01. The molecule has 0 aliphatic heterocycles. The van der Waals surface area contributed by atoms with Crippen molar-refractivity contribution >= 4 is 22.4 Å². The fourth-order valence-electron chi connectivity index (χ4n) is 2.77. The van der Waals surface area contributed by atoms with E-state index < -0.39 is 0 Å². The fourth-order valence-corrected chi connectivity index (χ4v) is 3.77. The number of nitrogens with zero attached hydrogens (tertiary/aromatic N) is 2. The summed E-state index contributed by atoms with van der Waals surface area (Å²) in [6.07, 6.45) is 6.34. The molecule has 1 aromatic heterocycles.